The van der Waals surface area contributed by atoms with Crippen molar-refractivity contribution in [3.8, 4) is 0 Å². The Morgan fingerprint density at radius 3 is 2.48 bits per heavy atom. The molecular formula is C19H20N2O6. The summed E-state index contributed by atoms with van der Waals surface area (Å²) in [6.45, 7) is 4.94. The topological polar surface area (TPSA) is 100 Å². The Labute approximate surface area is 154 Å². The van der Waals surface area contributed by atoms with Crippen molar-refractivity contribution in [2.75, 3.05) is 13.2 Å². The van der Waals surface area contributed by atoms with Gasteiger partial charge in [0.15, 0.2) is 10.9 Å². The molecule has 0 bridgehead atoms. The van der Waals surface area contributed by atoms with Gasteiger partial charge in [-0.25, -0.2) is 9.78 Å². The molecule has 3 rings (SSSR count). The average Bonchev–Trinajstić information content (AvgIpc) is 3.01. The SMILES string of the molecule is CCOC(=O)C(C)(Cc1cc2c(nc3ccccn32)c(=O)o1)C(=O)OCC. The number of esters is 2. The lowest BCUT2D eigenvalue weighted by Crippen LogP contribution is -2.41. The van der Waals surface area contributed by atoms with Gasteiger partial charge in [-0.1, -0.05) is 6.07 Å². The van der Waals surface area contributed by atoms with E-state index in [4.69, 9.17) is 13.9 Å². The Morgan fingerprint density at radius 2 is 1.85 bits per heavy atom. The van der Waals surface area contributed by atoms with E-state index in [1.807, 2.05) is 12.1 Å². The maximum atomic E-state index is 12.4. The smallest absolute Gasteiger partial charge is 0.364 e. The number of hydrogen-bond acceptors (Lipinski definition) is 7. The third kappa shape index (κ3) is 3.30. The molecule has 0 spiro atoms. The lowest BCUT2D eigenvalue weighted by molar-refractivity contribution is -0.170. The molecule has 0 saturated heterocycles. The molecule has 0 aromatic carbocycles. The van der Waals surface area contributed by atoms with Crippen molar-refractivity contribution in [2.24, 2.45) is 5.41 Å². The largest absolute Gasteiger partial charge is 0.465 e. The van der Waals surface area contributed by atoms with E-state index in [-0.39, 0.29) is 30.9 Å². The summed E-state index contributed by atoms with van der Waals surface area (Å²) in [5, 5.41) is 0. The van der Waals surface area contributed by atoms with Crippen molar-refractivity contribution < 1.29 is 23.5 Å². The fraction of sp³-hybridized carbons (Fsp3) is 0.368. The van der Waals surface area contributed by atoms with Crippen molar-refractivity contribution in [3.63, 3.8) is 0 Å². The number of ether oxygens (including phenoxy) is 2. The summed E-state index contributed by atoms with van der Waals surface area (Å²) >= 11 is 0. The number of nitrogens with zero attached hydrogens (tertiary/aromatic N) is 2. The molecule has 0 aliphatic rings. The van der Waals surface area contributed by atoms with E-state index in [1.165, 1.54) is 6.92 Å². The number of carbonyl (C=O) groups excluding carboxylic acids is 2. The highest BCUT2D eigenvalue weighted by Crippen LogP contribution is 2.27. The van der Waals surface area contributed by atoms with Crippen LogP contribution in [0.25, 0.3) is 16.7 Å². The molecule has 8 heteroatoms. The van der Waals surface area contributed by atoms with Crippen LogP contribution in [0.15, 0.2) is 39.7 Å². The van der Waals surface area contributed by atoms with Gasteiger partial charge in [-0.05, 0) is 32.9 Å². The molecule has 3 aromatic heterocycles. The first kappa shape index (κ1) is 18.6. The van der Waals surface area contributed by atoms with Crippen LogP contribution in [-0.4, -0.2) is 34.5 Å². The predicted molar refractivity (Wildman–Crippen MR) is 96.3 cm³/mol. The zero-order valence-corrected chi connectivity index (χ0v) is 15.4. The second-order valence-electron chi connectivity index (χ2n) is 6.22. The normalized spacial score (nSPS) is 11.7. The molecule has 0 atom stereocenters. The van der Waals surface area contributed by atoms with Crippen LogP contribution in [0.3, 0.4) is 0 Å². The Balaban J connectivity index is 2.09. The first-order chi connectivity index (χ1) is 12.9. The van der Waals surface area contributed by atoms with Crippen molar-refractivity contribution in [1.29, 1.82) is 0 Å². The van der Waals surface area contributed by atoms with E-state index in [1.54, 1.807) is 36.6 Å². The second-order valence-corrected chi connectivity index (χ2v) is 6.22. The summed E-state index contributed by atoms with van der Waals surface area (Å²) in [4.78, 5) is 41.5. The fourth-order valence-corrected chi connectivity index (χ4v) is 2.90. The molecule has 0 amide bonds. The van der Waals surface area contributed by atoms with Crippen molar-refractivity contribution in [1.82, 2.24) is 9.38 Å². The summed E-state index contributed by atoms with van der Waals surface area (Å²) < 4.78 is 17.1. The molecule has 27 heavy (non-hydrogen) atoms. The van der Waals surface area contributed by atoms with Gasteiger partial charge in [-0.3, -0.25) is 14.0 Å². The molecule has 3 heterocycles. The Morgan fingerprint density at radius 1 is 1.19 bits per heavy atom. The third-order valence-corrected chi connectivity index (χ3v) is 4.26. The highest BCUT2D eigenvalue weighted by Gasteiger charge is 2.45. The van der Waals surface area contributed by atoms with Crippen molar-refractivity contribution in [3.05, 3.63) is 46.6 Å². The van der Waals surface area contributed by atoms with Crippen molar-refractivity contribution >= 4 is 28.6 Å². The number of hydrogen-bond donors (Lipinski definition) is 0. The highest BCUT2D eigenvalue weighted by atomic mass is 16.6. The van der Waals surface area contributed by atoms with Gasteiger partial charge in [0.1, 0.15) is 11.4 Å². The minimum Gasteiger partial charge on any atom is -0.465 e. The molecule has 0 radical (unpaired) electrons. The maximum absolute atomic E-state index is 12.4. The molecule has 8 nitrogen and oxygen atoms in total. The summed E-state index contributed by atoms with van der Waals surface area (Å²) in [5.74, 6) is -1.30. The van der Waals surface area contributed by atoms with Crippen LogP contribution >= 0.6 is 0 Å². The summed E-state index contributed by atoms with van der Waals surface area (Å²) in [6.07, 6.45) is 1.60. The maximum Gasteiger partial charge on any atom is 0.364 e. The Kier molecular flexibility index (Phi) is 4.98. The van der Waals surface area contributed by atoms with Gasteiger partial charge >= 0.3 is 17.6 Å². The molecule has 3 aromatic rings. The van der Waals surface area contributed by atoms with Crippen LogP contribution in [0.5, 0.6) is 0 Å². The van der Waals surface area contributed by atoms with Crippen LogP contribution in [0, 0.1) is 5.41 Å². The highest BCUT2D eigenvalue weighted by molar-refractivity contribution is 6.00. The molecule has 0 fully saturated rings. The second kappa shape index (κ2) is 7.22. The molecule has 0 aliphatic heterocycles. The minimum absolute atomic E-state index is 0.115. The number of aromatic nitrogens is 2. The van der Waals surface area contributed by atoms with E-state index in [2.05, 4.69) is 4.98 Å². The van der Waals surface area contributed by atoms with Crippen LogP contribution in [0.4, 0.5) is 0 Å². The van der Waals surface area contributed by atoms with Gasteiger partial charge in [-0.2, -0.15) is 0 Å². The van der Waals surface area contributed by atoms with E-state index in [0.29, 0.717) is 11.2 Å². The standard InChI is InChI=1S/C19H20N2O6/c1-4-25-17(23)19(3,18(24)26-5-2)11-12-10-13-15(16(22)27-12)20-14-8-6-7-9-21(13)14/h6-10H,4-5,11H2,1-3H3. The average molecular weight is 372 g/mol. The van der Waals surface area contributed by atoms with Crippen LogP contribution in [0.1, 0.15) is 26.5 Å². The van der Waals surface area contributed by atoms with Gasteiger partial charge in [0, 0.05) is 18.7 Å². The van der Waals surface area contributed by atoms with Crippen LogP contribution in [0.2, 0.25) is 0 Å². The third-order valence-electron chi connectivity index (χ3n) is 4.26. The zero-order valence-electron chi connectivity index (χ0n) is 15.4. The number of rotatable bonds is 6. The molecular weight excluding hydrogens is 352 g/mol. The van der Waals surface area contributed by atoms with Gasteiger partial charge in [0.05, 0.1) is 18.7 Å². The summed E-state index contributed by atoms with van der Waals surface area (Å²) in [5.41, 5.74) is -0.960. The summed E-state index contributed by atoms with van der Waals surface area (Å²) in [6, 6.07) is 6.99. The van der Waals surface area contributed by atoms with Gasteiger partial charge in [0.2, 0.25) is 0 Å². The molecule has 0 aliphatic carbocycles. The fourth-order valence-electron chi connectivity index (χ4n) is 2.90. The Bertz CT molecular complexity index is 1050. The molecule has 142 valence electrons. The van der Waals surface area contributed by atoms with E-state index < -0.39 is 23.0 Å². The summed E-state index contributed by atoms with van der Waals surface area (Å²) in [7, 11) is 0. The van der Waals surface area contributed by atoms with Crippen LogP contribution < -0.4 is 5.63 Å². The predicted octanol–water partition coefficient (Wildman–Crippen LogP) is 2.12. The number of carbonyl (C=O) groups is 2. The number of imidazole rings is 1. The quantitative estimate of drug-likeness (QED) is 0.482. The zero-order chi connectivity index (χ0) is 19.6. The van der Waals surface area contributed by atoms with E-state index >= 15 is 0 Å². The monoisotopic (exact) mass is 372 g/mol. The van der Waals surface area contributed by atoms with Gasteiger partial charge < -0.3 is 13.9 Å². The van der Waals surface area contributed by atoms with E-state index in [0.717, 1.165) is 0 Å². The van der Waals surface area contributed by atoms with E-state index in [9.17, 15) is 14.4 Å². The van der Waals surface area contributed by atoms with Crippen molar-refractivity contribution in [2.45, 2.75) is 27.2 Å². The van der Waals surface area contributed by atoms with Crippen LogP contribution in [-0.2, 0) is 25.5 Å². The number of pyridine rings is 1. The minimum atomic E-state index is -1.63. The first-order valence-corrected chi connectivity index (χ1v) is 8.65. The first-order valence-electron chi connectivity index (χ1n) is 8.65. The lowest BCUT2D eigenvalue weighted by atomic mass is 9.85. The lowest BCUT2D eigenvalue weighted by Gasteiger charge is -2.24. The Hall–Kier alpha value is -3.16. The molecule has 0 N–H and O–H groups in total. The molecule has 0 saturated carbocycles. The van der Waals surface area contributed by atoms with Gasteiger partial charge in [-0.15, -0.1) is 0 Å². The number of fused-ring (bicyclic) bond motifs is 3. The molecule has 0 unspecified atom stereocenters. The van der Waals surface area contributed by atoms with Gasteiger partial charge in [0.25, 0.3) is 0 Å².